The molecule has 2 atom stereocenters. The zero-order chi connectivity index (χ0) is 22.4. The van der Waals surface area contributed by atoms with E-state index in [1.165, 1.54) is 0 Å². The van der Waals surface area contributed by atoms with Gasteiger partial charge in [-0.1, -0.05) is 60.7 Å². The highest BCUT2D eigenvalue weighted by Gasteiger charge is 2.32. The molecule has 0 saturated carbocycles. The van der Waals surface area contributed by atoms with Crippen molar-refractivity contribution in [2.24, 2.45) is 0 Å². The first-order valence-corrected chi connectivity index (χ1v) is 10.5. The summed E-state index contributed by atoms with van der Waals surface area (Å²) in [5.74, 6) is -0.977. The number of benzene rings is 2. The van der Waals surface area contributed by atoms with Gasteiger partial charge in [-0.25, -0.2) is 0 Å². The van der Waals surface area contributed by atoms with Crippen molar-refractivity contribution in [3.05, 3.63) is 71.8 Å². The summed E-state index contributed by atoms with van der Waals surface area (Å²) in [6.07, 6.45) is 0.368. The van der Waals surface area contributed by atoms with E-state index in [0.717, 1.165) is 11.1 Å². The van der Waals surface area contributed by atoms with Crippen LogP contribution in [-0.4, -0.2) is 23.1 Å². The largest absolute Gasteiger partial charge is 0.460 e. The van der Waals surface area contributed by atoms with Gasteiger partial charge in [-0.15, -0.1) is 0 Å². The molecule has 162 valence electrons. The summed E-state index contributed by atoms with van der Waals surface area (Å²) in [6, 6.07) is 19.7. The molecule has 0 aliphatic heterocycles. The van der Waals surface area contributed by atoms with Crippen LogP contribution in [0, 0.1) is 0 Å². The highest BCUT2D eigenvalue weighted by molar-refractivity contribution is 5.73. The Morgan fingerprint density at radius 1 is 0.633 bits per heavy atom. The van der Waals surface area contributed by atoms with Crippen molar-refractivity contribution in [3.63, 3.8) is 0 Å². The van der Waals surface area contributed by atoms with Crippen LogP contribution < -0.4 is 0 Å². The molecule has 0 bridgehead atoms. The smallest absolute Gasteiger partial charge is 0.306 e. The molecule has 0 saturated heterocycles. The van der Waals surface area contributed by atoms with E-state index in [4.69, 9.17) is 9.47 Å². The maximum Gasteiger partial charge on any atom is 0.306 e. The SMILES string of the molecule is CC(C)(C)OC(=O)CC(c1ccccc1)C(CC(=O)OC(C)(C)C)c1ccccc1. The lowest BCUT2D eigenvalue weighted by Gasteiger charge is -2.30. The molecule has 0 aliphatic rings. The molecule has 0 aromatic heterocycles. The van der Waals surface area contributed by atoms with Crippen molar-refractivity contribution in [2.45, 2.75) is 77.4 Å². The predicted octanol–water partition coefficient (Wildman–Crippen LogP) is 6.02. The molecule has 2 aromatic carbocycles. The predicted molar refractivity (Wildman–Crippen MR) is 119 cm³/mol. The molecule has 30 heavy (non-hydrogen) atoms. The summed E-state index contributed by atoms with van der Waals surface area (Å²) < 4.78 is 11.2. The number of rotatable bonds is 7. The van der Waals surface area contributed by atoms with Gasteiger partial charge >= 0.3 is 11.9 Å². The molecule has 0 heterocycles. The maximum atomic E-state index is 12.8. The Morgan fingerprint density at radius 3 is 1.20 bits per heavy atom. The molecular weight excluding hydrogens is 376 g/mol. The number of esters is 2. The van der Waals surface area contributed by atoms with Gasteiger partial charge in [0, 0.05) is 11.8 Å². The third-order valence-corrected chi connectivity index (χ3v) is 4.55. The van der Waals surface area contributed by atoms with Crippen molar-refractivity contribution in [3.8, 4) is 0 Å². The summed E-state index contributed by atoms with van der Waals surface area (Å²) >= 11 is 0. The van der Waals surface area contributed by atoms with Crippen LogP contribution in [0.15, 0.2) is 60.7 Å². The van der Waals surface area contributed by atoms with Crippen LogP contribution in [0.1, 0.15) is 77.3 Å². The normalized spacial score (nSPS) is 13.9. The zero-order valence-electron chi connectivity index (χ0n) is 19.0. The Balaban J connectivity index is 2.41. The zero-order valence-corrected chi connectivity index (χ0v) is 19.0. The van der Waals surface area contributed by atoms with E-state index in [1.807, 2.05) is 102 Å². The second-order valence-electron chi connectivity index (χ2n) is 9.62. The number of hydrogen-bond acceptors (Lipinski definition) is 4. The van der Waals surface area contributed by atoms with Gasteiger partial charge in [-0.3, -0.25) is 9.59 Å². The Kier molecular flexibility index (Phi) is 7.83. The Morgan fingerprint density at radius 2 is 0.933 bits per heavy atom. The van der Waals surface area contributed by atoms with E-state index in [2.05, 4.69) is 0 Å². The molecular formula is C26H34O4. The third-order valence-electron chi connectivity index (χ3n) is 4.55. The van der Waals surface area contributed by atoms with E-state index in [9.17, 15) is 9.59 Å². The van der Waals surface area contributed by atoms with Crippen LogP contribution in [0.5, 0.6) is 0 Å². The number of carbonyl (C=O) groups excluding carboxylic acids is 2. The first-order chi connectivity index (χ1) is 13.9. The molecule has 0 aliphatic carbocycles. The minimum Gasteiger partial charge on any atom is -0.460 e. The van der Waals surface area contributed by atoms with E-state index in [0.29, 0.717) is 0 Å². The van der Waals surface area contributed by atoms with Crippen LogP contribution >= 0.6 is 0 Å². The monoisotopic (exact) mass is 410 g/mol. The van der Waals surface area contributed by atoms with E-state index < -0.39 is 11.2 Å². The van der Waals surface area contributed by atoms with Crippen molar-refractivity contribution in [1.29, 1.82) is 0 Å². The Labute approximate surface area is 180 Å². The lowest BCUT2D eigenvalue weighted by Crippen LogP contribution is -2.28. The fraction of sp³-hybridized carbons (Fsp3) is 0.462. The lowest BCUT2D eigenvalue weighted by atomic mass is 9.77. The summed E-state index contributed by atoms with van der Waals surface area (Å²) in [5.41, 5.74) is 0.874. The van der Waals surface area contributed by atoms with Crippen molar-refractivity contribution in [1.82, 2.24) is 0 Å². The van der Waals surface area contributed by atoms with E-state index in [1.54, 1.807) is 0 Å². The second kappa shape index (κ2) is 9.92. The minimum absolute atomic E-state index is 0.184. The van der Waals surface area contributed by atoms with Crippen molar-refractivity contribution >= 4 is 11.9 Å². The molecule has 0 N–H and O–H groups in total. The average molecular weight is 411 g/mol. The quantitative estimate of drug-likeness (QED) is 0.524. The average Bonchev–Trinajstić information content (AvgIpc) is 2.63. The standard InChI is InChI=1S/C26H34O4/c1-25(2,3)29-23(27)17-21(19-13-9-7-10-14-19)22(20-15-11-8-12-16-20)18-24(28)30-26(4,5)6/h7-16,21-22H,17-18H2,1-6H3. The lowest BCUT2D eigenvalue weighted by molar-refractivity contribution is -0.158. The fourth-order valence-electron chi connectivity index (χ4n) is 3.51. The van der Waals surface area contributed by atoms with Crippen molar-refractivity contribution in [2.75, 3.05) is 0 Å². The molecule has 0 spiro atoms. The highest BCUT2D eigenvalue weighted by atomic mass is 16.6. The molecule has 0 fully saturated rings. The van der Waals surface area contributed by atoms with Gasteiger partial charge in [0.1, 0.15) is 11.2 Å². The van der Waals surface area contributed by atoms with E-state index in [-0.39, 0.29) is 36.6 Å². The van der Waals surface area contributed by atoms with E-state index >= 15 is 0 Å². The molecule has 2 rings (SSSR count). The van der Waals surface area contributed by atoms with Gasteiger partial charge < -0.3 is 9.47 Å². The van der Waals surface area contributed by atoms with Gasteiger partial charge in [0.25, 0.3) is 0 Å². The summed E-state index contributed by atoms with van der Waals surface area (Å²) in [6.45, 7) is 11.2. The number of ether oxygens (including phenoxy) is 2. The molecule has 0 radical (unpaired) electrons. The van der Waals surface area contributed by atoms with Crippen LogP contribution in [0.2, 0.25) is 0 Å². The first kappa shape index (κ1) is 23.7. The summed E-state index contributed by atoms with van der Waals surface area (Å²) in [5, 5.41) is 0. The third kappa shape index (κ3) is 8.02. The van der Waals surface area contributed by atoms with Gasteiger partial charge in [-0.2, -0.15) is 0 Å². The molecule has 2 unspecified atom stereocenters. The van der Waals surface area contributed by atoms with Gasteiger partial charge in [0.05, 0.1) is 12.8 Å². The molecule has 0 amide bonds. The van der Waals surface area contributed by atoms with Crippen LogP contribution in [0.25, 0.3) is 0 Å². The fourth-order valence-corrected chi connectivity index (χ4v) is 3.51. The summed E-state index contributed by atoms with van der Waals surface area (Å²) in [7, 11) is 0. The van der Waals surface area contributed by atoms with Gasteiger partial charge in [0.2, 0.25) is 0 Å². The first-order valence-electron chi connectivity index (χ1n) is 10.5. The number of carbonyl (C=O) groups is 2. The number of hydrogen-bond donors (Lipinski definition) is 0. The highest BCUT2D eigenvalue weighted by Crippen LogP contribution is 2.39. The maximum absolute atomic E-state index is 12.8. The van der Waals surface area contributed by atoms with Crippen molar-refractivity contribution < 1.29 is 19.1 Å². The van der Waals surface area contributed by atoms with Gasteiger partial charge in [-0.05, 0) is 52.7 Å². The van der Waals surface area contributed by atoms with Crippen LogP contribution in [0.3, 0.4) is 0 Å². The second-order valence-corrected chi connectivity index (χ2v) is 9.62. The Hall–Kier alpha value is -2.62. The topological polar surface area (TPSA) is 52.6 Å². The van der Waals surface area contributed by atoms with Crippen LogP contribution in [-0.2, 0) is 19.1 Å². The Bertz CT molecular complexity index is 742. The molecule has 4 heteroatoms. The van der Waals surface area contributed by atoms with Crippen LogP contribution in [0.4, 0.5) is 0 Å². The summed E-state index contributed by atoms with van der Waals surface area (Å²) in [4.78, 5) is 25.5. The van der Waals surface area contributed by atoms with Gasteiger partial charge in [0.15, 0.2) is 0 Å². The minimum atomic E-state index is -0.564. The molecule has 2 aromatic rings. The molecule has 4 nitrogen and oxygen atoms in total.